The van der Waals surface area contributed by atoms with Gasteiger partial charge in [-0.25, -0.2) is 0 Å². The smallest absolute Gasteiger partial charge is 0.245 e. The van der Waals surface area contributed by atoms with E-state index < -0.39 is 12.0 Å². The highest BCUT2D eigenvalue weighted by molar-refractivity contribution is 6.00. The third kappa shape index (κ3) is 10.1. The topological polar surface area (TPSA) is 117 Å². The van der Waals surface area contributed by atoms with Gasteiger partial charge in [0.15, 0.2) is 5.78 Å². The van der Waals surface area contributed by atoms with Crippen LogP contribution in [0.1, 0.15) is 99.8 Å². The van der Waals surface area contributed by atoms with Crippen molar-refractivity contribution in [2.75, 3.05) is 31.5 Å². The van der Waals surface area contributed by atoms with Gasteiger partial charge in [-0.15, -0.1) is 0 Å². The Morgan fingerprint density at radius 1 is 0.840 bits per heavy atom. The molecule has 5 rings (SSSR count). The minimum Gasteiger partial charge on any atom is -0.344 e. The standard InChI is InChI=1S/C40H54N6O4/c1-4-38(48)43-35(40(50)45-24-22-44(23-25-45)28-31-12-8-7-9-13-31)26-30-16-18-33(19-17-30)42-39(49)34(32-14-10-5-6-11-15-32)27-37(47)36-20-21-41-46(36)29(2)3/h7-9,12-13,16-21,29,32,34-35H,4-6,10-11,14-15,22-28H2,1-3H3,(H,42,49)(H,43,48)/t34-,35+/m0/s1. The molecule has 0 spiro atoms. The molecule has 3 amide bonds. The zero-order chi connectivity index (χ0) is 35.5. The van der Waals surface area contributed by atoms with Crippen LogP contribution < -0.4 is 10.6 Å². The fourth-order valence-corrected chi connectivity index (χ4v) is 7.32. The average Bonchev–Trinajstić information content (AvgIpc) is 3.48. The highest BCUT2D eigenvalue weighted by Gasteiger charge is 2.33. The number of benzene rings is 2. The number of ketones is 1. The Hall–Kier alpha value is -4.31. The number of hydrogen-bond acceptors (Lipinski definition) is 6. The van der Waals surface area contributed by atoms with E-state index in [0.29, 0.717) is 37.3 Å². The van der Waals surface area contributed by atoms with Crippen molar-refractivity contribution in [1.29, 1.82) is 0 Å². The lowest BCUT2D eigenvalue weighted by Crippen LogP contribution is -2.55. The van der Waals surface area contributed by atoms with Gasteiger partial charge in [0.1, 0.15) is 11.7 Å². The van der Waals surface area contributed by atoms with Crippen LogP contribution in [0.4, 0.5) is 5.69 Å². The molecular formula is C40H54N6O4. The van der Waals surface area contributed by atoms with E-state index in [-0.39, 0.29) is 41.9 Å². The Kier molecular flexibility index (Phi) is 13.4. The van der Waals surface area contributed by atoms with Crippen LogP contribution in [0.15, 0.2) is 66.9 Å². The van der Waals surface area contributed by atoms with Crippen molar-refractivity contribution in [3.63, 3.8) is 0 Å². The summed E-state index contributed by atoms with van der Waals surface area (Å²) >= 11 is 0. The Balaban J connectivity index is 1.22. The maximum Gasteiger partial charge on any atom is 0.245 e. The highest BCUT2D eigenvalue weighted by atomic mass is 16.2. The number of carbonyl (C=O) groups is 4. The SMILES string of the molecule is CCC(=O)N[C@H](Cc1ccc(NC(=O)[C@@H](CC(=O)c2ccnn2C(C)C)C2CCCCCC2)cc1)C(=O)N1CCN(Cc2ccccc2)CC1. The predicted octanol–water partition coefficient (Wildman–Crippen LogP) is 6.04. The molecule has 1 saturated carbocycles. The van der Waals surface area contributed by atoms with Gasteiger partial charge >= 0.3 is 0 Å². The molecule has 1 aliphatic heterocycles. The quantitative estimate of drug-likeness (QED) is 0.158. The molecule has 2 aliphatic rings. The van der Waals surface area contributed by atoms with Crippen LogP contribution in [0.3, 0.4) is 0 Å². The van der Waals surface area contributed by atoms with Gasteiger partial charge in [-0.05, 0) is 61.9 Å². The van der Waals surface area contributed by atoms with E-state index in [9.17, 15) is 19.2 Å². The monoisotopic (exact) mass is 682 g/mol. The molecule has 1 saturated heterocycles. The third-order valence-electron chi connectivity index (χ3n) is 10.2. The molecule has 10 heteroatoms. The van der Waals surface area contributed by atoms with E-state index in [0.717, 1.165) is 63.7 Å². The van der Waals surface area contributed by atoms with E-state index in [2.05, 4.69) is 32.8 Å². The lowest BCUT2D eigenvalue weighted by Gasteiger charge is -2.36. The first-order valence-electron chi connectivity index (χ1n) is 18.5. The van der Waals surface area contributed by atoms with Gasteiger partial charge in [0, 0.05) is 75.8 Å². The van der Waals surface area contributed by atoms with Crippen LogP contribution >= 0.6 is 0 Å². The summed E-state index contributed by atoms with van der Waals surface area (Å²) in [6.07, 6.45) is 8.78. The Bertz CT molecular complexity index is 1550. The first kappa shape index (κ1) is 37.0. The van der Waals surface area contributed by atoms with Crippen LogP contribution in [-0.4, -0.2) is 75.3 Å². The zero-order valence-electron chi connectivity index (χ0n) is 30.0. The van der Waals surface area contributed by atoms with Crippen LogP contribution in [0.2, 0.25) is 0 Å². The Morgan fingerprint density at radius 3 is 2.16 bits per heavy atom. The summed E-state index contributed by atoms with van der Waals surface area (Å²) in [6, 6.07) is 19.0. The summed E-state index contributed by atoms with van der Waals surface area (Å²) < 4.78 is 1.73. The second-order valence-corrected chi connectivity index (χ2v) is 14.2. The number of Topliss-reactive ketones (excluding diaryl/α,β-unsaturated/α-hetero) is 1. The van der Waals surface area contributed by atoms with Crippen molar-refractivity contribution in [2.24, 2.45) is 11.8 Å². The van der Waals surface area contributed by atoms with Crippen molar-refractivity contribution >= 4 is 29.2 Å². The molecule has 2 aromatic carbocycles. The van der Waals surface area contributed by atoms with Crippen molar-refractivity contribution in [3.8, 4) is 0 Å². The number of amides is 3. The van der Waals surface area contributed by atoms with Crippen molar-refractivity contribution in [2.45, 2.75) is 97.2 Å². The van der Waals surface area contributed by atoms with Crippen LogP contribution in [0, 0.1) is 11.8 Å². The van der Waals surface area contributed by atoms with Gasteiger partial charge in [-0.3, -0.25) is 28.8 Å². The molecule has 2 atom stereocenters. The molecule has 2 fully saturated rings. The number of aromatic nitrogens is 2. The van der Waals surface area contributed by atoms with E-state index in [4.69, 9.17) is 0 Å². The van der Waals surface area contributed by atoms with Gasteiger partial charge in [0.05, 0.1) is 0 Å². The largest absolute Gasteiger partial charge is 0.344 e. The van der Waals surface area contributed by atoms with Crippen LogP contribution in [0.5, 0.6) is 0 Å². The lowest BCUT2D eigenvalue weighted by atomic mass is 9.81. The second-order valence-electron chi connectivity index (χ2n) is 14.2. The van der Waals surface area contributed by atoms with Crippen molar-refractivity contribution in [3.05, 3.63) is 83.7 Å². The van der Waals surface area contributed by atoms with Crippen molar-refractivity contribution < 1.29 is 19.2 Å². The van der Waals surface area contributed by atoms with E-state index >= 15 is 0 Å². The molecule has 1 aromatic heterocycles. The fraction of sp³-hybridized carbons (Fsp3) is 0.525. The molecule has 268 valence electrons. The minimum atomic E-state index is -0.673. The second kappa shape index (κ2) is 18.1. The molecule has 2 heterocycles. The molecule has 3 aromatic rings. The number of hydrogen-bond donors (Lipinski definition) is 2. The first-order valence-corrected chi connectivity index (χ1v) is 18.5. The minimum absolute atomic E-state index is 0.0490. The molecule has 2 N–H and O–H groups in total. The number of anilines is 1. The number of piperazine rings is 1. The van der Waals surface area contributed by atoms with E-state index in [1.165, 1.54) is 5.56 Å². The maximum atomic E-state index is 13.9. The highest BCUT2D eigenvalue weighted by Crippen LogP contribution is 2.33. The summed E-state index contributed by atoms with van der Waals surface area (Å²) in [6.45, 7) is 9.39. The summed E-state index contributed by atoms with van der Waals surface area (Å²) in [4.78, 5) is 57.8. The maximum absolute atomic E-state index is 13.9. The van der Waals surface area contributed by atoms with Crippen LogP contribution in [0.25, 0.3) is 0 Å². The lowest BCUT2D eigenvalue weighted by molar-refractivity contribution is -0.138. The summed E-state index contributed by atoms with van der Waals surface area (Å²) in [5.74, 6) is -0.717. The molecule has 1 aliphatic carbocycles. The summed E-state index contributed by atoms with van der Waals surface area (Å²) in [5, 5.41) is 10.4. The molecule has 10 nitrogen and oxygen atoms in total. The van der Waals surface area contributed by atoms with Gasteiger partial charge in [-0.2, -0.15) is 5.10 Å². The van der Waals surface area contributed by atoms with Gasteiger partial charge in [-0.1, -0.05) is 75.1 Å². The number of rotatable bonds is 14. The molecule has 0 radical (unpaired) electrons. The number of nitrogens with one attached hydrogen (secondary N) is 2. The third-order valence-corrected chi connectivity index (χ3v) is 10.2. The molecule has 0 bridgehead atoms. The fourth-order valence-electron chi connectivity index (χ4n) is 7.32. The first-order chi connectivity index (χ1) is 24.2. The molecule has 50 heavy (non-hydrogen) atoms. The van der Waals surface area contributed by atoms with Crippen molar-refractivity contribution in [1.82, 2.24) is 24.9 Å². The number of carbonyl (C=O) groups excluding carboxylic acids is 4. The van der Waals surface area contributed by atoms with E-state index in [1.54, 1.807) is 23.9 Å². The molecular weight excluding hydrogens is 628 g/mol. The Morgan fingerprint density at radius 2 is 1.52 bits per heavy atom. The normalized spacial score (nSPS) is 17.2. The van der Waals surface area contributed by atoms with Gasteiger partial charge in [0.2, 0.25) is 17.7 Å². The predicted molar refractivity (Wildman–Crippen MR) is 196 cm³/mol. The van der Waals surface area contributed by atoms with Gasteiger partial charge < -0.3 is 15.5 Å². The average molecular weight is 683 g/mol. The molecule has 0 unspecified atom stereocenters. The number of nitrogens with zero attached hydrogens (tertiary/aromatic N) is 4. The Labute approximate surface area is 297 Å². The van der Waals surface area contributed by atoms with Crippen LogP contribution in [-0.2, 0) is 27.3 Å². The zero-order valence-corrected chi connectivity index (χ0v) is 30.0. The summed E-state index contributed by atoms with van der Waals surface area (Å²) in [7, 11) is 0. The van der Waals surface area contributed by atoms with E-state index in [1.807, 2.05) is 61.2 Å². The summed E-state index contributed by atoms with van der Waals surface area (Å²) in [5.41, 5.74) is 3.33. The van der Waals surface area contributed by atoms with Gasteiger partial charge in [0.25, 0.3) is 0 Å².